The molecule has 1 heterocycles. The van der Waals surface area contributed by atoms with Gasteiger partial charge in [0.1, 0.15) is 5.75 Å². The van der Waals surface area contributed by atoms with E-state index < -0.39 is 0 Å². The van der Waals surface area contributed by atoms with Crippen molar-refractivity contribution in [2.45, 2.75) is 6.54 Å². The van der Waals surface area contributed by atoms with E-state index in [4.69, 9.17) is 9.15 Å². The lowest BCUT2D eigenvalue weighted by Crippen LogP contribution is -2.23. The molecule has 0 aliphatic heterocycles. The van der Waals surface area contributed by atoms with Gasteiger partial charge in [-0.25, -0.2) is 0 Å². The number of nitrogens with one attached hydrogen (secondary N) is 1. The van der Waals surface area contributed by atoms with Gasteiger partial charge in [0.2, 0.25) is 11.8 Å². The van der Waals surface area contributed by atoms with Crippen LogP contribution in [0.4, 0.5) is 5.69 Å². The number of rotatable bonds is 6. The van der Waals surface area contributed by atoms with E-state index in [-0.39, 0.29) is 12.5 Å². The monoisotopic (exact) mass is 352 g/mol. The van der Waals surface area contributed by atoms with Gasteiger partial charge in [0.05, 0.1) is 13.7 Å². The molecule has 7 nitrogen and oxygen atoms in total. The van der Waals surface area contributed by atoms with E-state index in [1.165, 1.54) is 0 Å². The molecule has 0 aliphatic rings. The molecule has 0 spiro atoms. The number of amides is 1. The molecule has 134 valence electrons. The summed E-state index contributed by atoms with van der Waals surface area (Å²) in [6.07, 6.45) is 0. The zero-order valence-electron chi connectivity index (χ0n) is 14.9. The first-order valence-electron chi connectivity index (χ1n) is 8.09. The quantitative estimate of drug-likeness (QED) is 0.735. The minimum Gasteiger partial charge on any atom is -0.497 e. The highest BCUT2D eigenvalue weighted by Gasteiger charge is 2.11. The third-order valence-electron chi connectivity index (χ3n) is 3.83. The van der Waals surface area contributed by atoms with Gasteiger partial charge in [0.25, 0.3) is 5.91 Å². The molecule has 0 radical (unpaired) electrons. The van der Waals surface area contributed by atoms with Gasteiger partial charge in [0, 0.05) is 30.9 Å². The molecule has 0 unspecified atom stereocenters. The van der Waals surface area contributed by atoms with E-state index in [1.54, 1.807) is 19.2 Å². The molecule has 1 amide bonds. The Morgan fingerprint density at radius 2 is 1.92 bits per heavy atom. The van der Waals surface area contributed by atoms with Crippen molar-refractivity contribution in [3.63, 3.8) is 0 Å². The van der Waals surface area contributed by atoms with Gasteiger partial charge in [-0.1, -0.05) is 6.07 Å². The normalized spacial score (nSPS) is 10.4. The van der Waals surface area contributed by atoms with Gasteiger partial charge >= 0.3 is 0 Å². The van der Waals surface area contributed by atoms with Crippen LogP contribution in [0.2, 0.25) is 0 Å². The van der Waals surface area contributed by atoms with Crippen LogP contribution in [0.1, 0.15) is 16.2 Å². The van der Waals surface area contributed by atoms with E-state index in [1.807, 2.05) is 55.4 Å². The summed E-state index contributed by atoms with van der Waals surface area (Å²) in [4.78, 5) is 14.2. The number of hydrogen-bond donors (Lipinski definition) is 1. The Hall–Kier alpha value is -3.35. The Labute approximate surface area is 151 Å². The summed E-state index contributed by atoms with van der Waals surface area (Å²) >= 11 is 0. The summed E-state index contributed by atoms with van der Waals surface area (Å²) < 4.78 is 10.8. The molecule has 0 fully saturated rings. The third-order valence-corrected chi connectivity index (χ3v) is 3.83. The Bertz CT molecular complexity index is 888. The Morgan fingerprint density at radius 1 is 1.15 bits per heavy atom. The summed E-state index contributed by atoms with van der Waals surface area (Å²) in [6.45, 7) is 0.158. The molecular formula is C19H20N4O3. The molecule has 3 aromatic rings. The number of aromatic nitrogens is 2. The van der Waals surface area contributed by atoms with Crippen LogP contribution in [0.25, 0.3) is 11.5 Å². The summed E-state index contributed by atoms with van der Waals surface area (Å²) in [5.74, 6) is 1.22. The molecule has 0 saturated heterocycles. The lowest BCUT2D eigenvalue weighted by Gasteiger charge is -2.12. The zero-order chi connectivity index (χ0) is 18.5. The summed E-state index contributed by atoms with van der Waals surface area (Å²) in [6, 6.07) is 14.7. The van der Waals surface area contributed by atoms with Crippen molar-refractivity contribution in [2.24, 2.45) is 0 Å². The number of methoxy groups -OCH3 is 1. The molecule has 0 bridgehead atoms. The fraction of sp³-hybridized carbons (Fsp3) is 0.211. The number of anilines is 1. The maximum atomic E-state index is 12.2. The molecule has 26 heavy (non-hydrogen) atoms. The molecular weight excluding hydrogens is 332 g/mol. The van der Waals surface area contributed by atoms with Crippen LogP contribution in [0.15, 0.2) is 52.9 Å². The summed E-state index contributed by atoms with van der Waals surface area (Å²) in [5.41, 5.74) is 2.36. The number of ether oxygens (including phenoxy) is 1. The van der Waals surface area contributed by atoms with Gasteiger partial charge in [-0.05, 0) is 42.5 Å². The molecule has 1 N–H and O–H groups in total. The van der Waals surface area contributed by atoms with Crippen molar-refractivity contribution >= 4 is 11.6 Å². The van der Waals surface area contributed by atoms with Crippen molar-refractivity contribution in [1.29, 1.82) is 0 Å². The fourth-order valence-corrected chi connectivity index (χ4v) is 2.37. The van der Waals surface area contributed by atoms with Gasteiger partial charge in [-0.3, -0.25) is 4.79 Å². The van der Waals surface area contributed by atoms with Crippen LogP contribution >= 0.6 is 0 Å². The number of carbonyl (C=O) groups is 1. The first-order chi connectivity index (χ1) is 12.6. The number of nitrogens with zero attached hydrogens (tertiary/aromatic N) is 3. The highest BCUT2D eigenvalue weighted by Crippen LogP contribution is 2.22. The number of hydrogen-bond acceptors (Lipinski definition) is 6. The Balaban J connectivity index is 1.63. The first kappa shape index (κ1) is 17.5. The third kappa shape index (κ3) is 4.00. The number of benzene rings is 2. The van der Waals surface area contributed by atoms with Crippen LogP contribution in [-0.2, 0) is 6.54 Å². The van der Waals surface area contributed by atoms with Crippen molar-refractivity contribution in [3.05, 3.63) is 60.0 Å². The van der Waals surface area contributed by atoms with Crippen molar-refractivity contribution in [1.82, 2.24) is 15.5 Å². The minimum absolute atomic E-state index is 0.158. The molecule has 7 heteroatoms. The maximum Gasteiger partial charge on any atom is 0.251 e. The molecule has 1 aromatic heterocycles. The van der Waals surface area contributed by atoms with Gasteiger partial charge < -0.3 is 19.4 Å². The minimum atomic E-state index is -0.198. The topological polar surface area (TPSA) is 80.5 Å². The molecule has 3 rings (SSSR count). The van der Waals surface area contributed by atoms with E-state index in [2.05, 4.69) is 15.5 Å². The average Bonchev–Trinajstić information content (AvgIpc) is 3.15. The molecule has 0 saturated carbocycles. The summed E-state index contributed by atoms with van der Waals surface area (Å²) in [5, 5.41) is 10.8. The predicted octanol–water partition coefficient (Wildman–Crippen LogP) is 2.74. The molecule has 0 aliphatic carbocycles. The Morgan fingerprint density at radius 3 is 2.62 bits per heavy atom. The standard InChI is InChI=1S/C19H20N4O3/c1-23(2)15-9-7-13(8-10-15)18(24)20-12-17-21-22-19(26-17)14-5-4-6-16(11-14)25-3/h4-11H,12H2,1-3H3,(H,20,24). The maximum absolute atomic E-state index is 12.2. The van der Waals surface area contributed by atoms with E-state index in [0.717, 1.165) is 11.3 Å². The molecule has 0 atom stereocenters. The van der Waals surface area contributed by atoms with Crippen molar-refractivity contribution in [2.75, 3.05) is 26.1 Å². The zero-order valence-corrected chi connectivity index (χ0v) is 14.9. The van der Waals surface area contributed by atoms with Crippen LogP contribution < -0.4 is 15.0 Å². The van der Waals surface area contributed by atoms with E-state index in [9.17, 15) is 4.79 Å². The first-order valence-corrected chi connectivity index (χ1v) is 8.09. The second kappa shape index (κ2) is 7.69. The fourth-order valence-electron chi connectivity index (χ4n) is 2.37. The van der Waals surface area contributed by atoms with Crippen LogP contribution in [0, 0.1) is 0 Å². The van der Waals surface area contributed by atoms with E-state index in [0.29, 0.717) is 23.1 Å². The van der Waals surface area contributed by atoms with Crippen molar-refractivity contribution < 1.29 is 13.9 Å². The summed E-state index contributed by atoms with van der Waals surface area (Å²) in [7, 11) is 5.49. The predicted molar refractivity (Wildman–Crippen MR) is 98.2 cm³/mol. The highest BCUT2D eigenvalue weighted by atomic mass is 16.5. The van der Waals surface area contributed by atoms with Crippen LogP contribution in [-0.4, -0.2) is 37.3 Å². The highest BCUT2D eigenvalue weighted by molar-refractivity contribution is 5.94. The van der Waals surface area contributed by atoms with E-state index >= 15 is 0 Å². The second-order valence-corrected chi connectivity index (χ2v) is 5.86. The second-order valence-electron chi connectivity index (χ2n) is 5.86. The van der Waals surface area contributed by atoms with Crippen LogP contribution in [0.3, 0.4) is 0 Å². The number of carbonyl (C=O) groups excluding carboxylic acids is 1. The smallest absolute Gasteiger partial charge is 0.251 e. The van der Waals surface area contributed by atoms with Gasteiger partial charge in [-0.15, -0.1) is 10.2 Å². The lowest BCUT2D eigenvalue weighted by molar-refractivity contribution is 0.0947. The molecule has 2 aromatic carbocycles. The lowest BCUT2D eigenvalue weighted by atomic mass is 10.2. The van der Waals surface area contributed by atoms with Gasteiger partial charge in [0.15, 0.2) is 0 Å². The SMILES string of the molecule is COc1cccc(-c2nnc(CNC(=O)c3ccc(N(C)C)cc3)o2)c1. The van der Waals surface area contributed by atoms with Crippen molar-refractivity contribution in [3.8, 4) is 17.2 Å². The Kier molecular flexibility index (Phi) is 5.17. The largest absolute Gasteiger partial charge is 0.497 e. The van der Waals surface area contributed by atoms with Crippen LogP contribution in [0.5, 0.6) is 5.75 Å². The average molecular weight is 352 g/mol. The van der Waals surface area contributed by atoms with Gasteiger partial charge in [-0.2, -0.15) is 0 Å².